The molecule has 5 rings (SSSR count). The Hall–Kier alpha value is -2.94. The summed E-state index contributed by atoms with van der Waals surface area (Å²) < 4.78 is 11.9. The minimum Gasteiger partial charge on any atom is -0.496 e. The van der Waals surface area contributed by atoms with Gasteiger partial charge < -0.3 is 9.47 Å². The van der Waals surface area contributed by atoms with Gasteiger partial charge in [0.15, 0.2) is 0 Å². The zero-order valence-electron chi connectivity index (χ0n) is 20.3. The van der Waals surface area contributed by atoms with Gasteiger partial charge in [-0.15, -0.1) is 0 Å². The number of para-hydroxylation sites is 1. The summed E-state index contributed by atoms with van der Waals surface area (Å²) in [6, 6.07) is 16.8. The highest BCUT2D eigenvalue weighted by Gasteiger charge is 2.32. The van der Waals surface area contributed by atoms with Gasteiger partial charge in [0.25, 0.3) is 0 Å². The first kappa shape index (κ1) is 22.8. The molecule has 5 heteroatoms. The molecule has 2 atom stereocenters. The maximum atomic E-state index is 9.12. The van der Waals surface area contributed by atoms with Crippen LogP contribution in [0.5, 0.6) is 5.75 Å². The van der Waals surface area contributed by atoms with E-state index in [4.69, 9.17) is 19.7 Å². The minimum absolute atomic E-state index is 0.316. The first-order valence-corrected chi connectivity index (χ1v) is 12.4. The van der Waals surface area contributed by atoms with Crippen LogP contribution < -0.4 is 4.74 Å². The molecule has 2 aromatic carbocycles. The van der Waals surface area contributed by atoms with Crippen molar-refractivity contribution in [3.05, 3.63) is 59.8 Å². The summed E-state index contributed by atoms with van der Waals surface area (Å²) in [5.41, 5.74) is 4.95. The van der Waals surface area contributed by atoms with E-state index in [0.717, 1.165) is 53.7 Å². The van der Waals surface area contributed by atoms with Crippen molar-refractivity contribution >= 4 is 10.9 Å². The Morgan fingerprint density at radius 1 is 1.00 bits per heavy atom. The highest BCUT2D eigenvalue weighted by Crippen LogP contribution is 2.43. The minimum atomic E-state index is 0.316. The fraction of sp³-hybridized carbons (Fsp3) is 0.448. The van der Waals surface area contributed by atoms with Crippen molar-refractivity contribution in [2.45, 2.75) is 63.7 Å². The Balaban J connectivity index is 1.40. The van der Waals surface area contributed by atoms with Gasteiger partial charge in [0, 0.05) is 41.8 Å². The summed E-state index contributed by atoms with van der Waals surface area (Å²) in [6.07, 6.45) is 7.40. The first-order valence-electron chi connectivity index (χ1n) is 12.4. The average Bonchev–Trinajstić information content (AvgIpc) is 2.87. The van der Waals surface area contributed by atoms with E-state index in [2.05, 4.69) is 43.0 Å². The van der Waals surface area contributed by atoms with Crippen molar-refractivity contribution in [3.63, 3.8) is 0 Å². The molecule has 0 radical (unpaired) electrons. The summed E-state index contributed by atoms with van der Waals surface area (Å²) in [5, 5.41) is 10.2. The van der Waals surface area contributed by atoms with Crippen molar-refractivity contribution < 1.29 is 9.47 Å². The van der Waals surface area contributed by atoms with E-state index in [9.17, 15) is 0 Å². The molecule has 2 aliphatic rings. The van der Waals surface area contributed by atoms with Crippen molar-refractivity contribution in [1.82, 2.24) is 9.88 Å². The van der Waals surface area contributed by atoms with E-state index >= 15 is 0 Å². The maximum absolute atomic E-state index is 9.12. The number of ether oxygens (including phenoxy) is 2. The summed E-state index contributed by atoms with van der Waals surface area (Å²) in [4.78, 5) is 7.59. The quantitative estimate of drug-likeness (QED) is 0.489. The molecule has 0 amide bonds. The van der Waals surface area contributed by atoms with Gasteiger partial charge in [-0.25, -0.2) is 0 Å². The number of pyridine rings is 1. The van der Waals surface area contributed by atoms with Crippen LogP contribution in [-0.4, -0.2) is 48.3 Å². The monoisotopic (exact) mass is 455 g/mol. The number of hydrogen-bond donors (Lipinski definition) is 0. The molecule has 1 saturated carbocycles. The van der Waals surface area contributed by atoms with Crippen LogP contribution in [-0.2, 0) is 4.74 Å². The first-order chi connectivity index (χ1) is 16.6. The lowest BCUT2D eigenvalue weighted by Gasteiger charge is -2.43. The fourth-order valence-corrected chi connectivity index (χ4v) is 5.96. The van der Waals surface area contributed by atoms with E-state index in [1.54, 1.807) is 7.11 Å². The number of nitriles is 1. The number of methoxy groups -OCH3 is 1. The highest BCUT2D eigenvalue weighted by molar-refractivity contribution is 5.97. The second-order valence-corrected chi connectivity index (χ2v) is 9.85. The molecule has 1 aromatic heterocycles. The number of hydrogen-bond acceptors (Lipinski definition) is 5. The van der Waals surface area contributed by atoms with Crippen LogP contribution in [0, 0.1) is 11.3 Å². The third kappa shape index (κ3) is 4.41. The van der Waals surface area contributed by atoms with Crippen molar-refractivity contribution in [2.24, 2.45) is 0 Å². The molecule has 1 aliphatic heterocycles. The Kier molecular flexibility index (Phi) is 6.54. The van der Waals surface area contributed by atoms with Crippen LogP contribution in [0.15, 0.2) is 48.7 Å². The smallest absolute Gasteiger partial charge is 0.133 e. The third-order valence-electron chi connectivity index (χ3n) is 7.51. The SMILES string of the molecule is COc1c(C2CCC(N3CC(C)OC(C)C3)CC2)cnc2c(-c3ccc(C#N)cc3)cccc12. The molecule has 5 nitrogen and oxygen atoms in total. The van der Waals surface area contributed by atoms with Crippen LogP contribution in [0.2, 0.25) is 0 Å². The molecule has 3 aromatic rings. The van der Waals surface area contributed by atoms with E-state index in [-0.39, 0.29) is 0 Å². The van der Waals surface area contributed by atoms with Crippen molar-refractivity contribution in [1.29, 1.82) is 5.26 Å². The molecule has 0 spiro atoms. The van der Waals surface area contributed by atoms with Crippen molar-refractivity contribution in [3.8, 4) is 22.9 Å². The lowest BCUT2D eigenvalue weighted by atomic mass is 9.80. The normalized spacial score (nSPS) is 25.7. The van der Waals surface area contributed by atoms with Gasteiger partial charge in [-0.2, -0.15) is 5.26 Å². The Bertz CT molecular complexity index is 1180. The number of morpholine rings is 1. The molecule has 1 saturated heterocycles. The Morgan fingerprint density at radius 3 is 2.35 bits per heavy atom. The summed E-state index contributed by atoms with van der Waals surface area (Å²) in [5.74, 6) is 1.43. The van der Waals surface area contributed by atoms with Crippen LogP contribution in [0.1, 0.15) is 56.6 Å². The second-order valence-electron chi connectivity index (χ2n) is 9.85. The molecule has 0 N–H and O–H groups in total. The van der Waals surface area contributed by atoms with Gasteiger partial charge >= 0.3 is 0 Å². The highest BCUT2D eigenvalue weighted by atomic mass is 16.5. The number of aromatic nitrogens is 1. The van der Waals surface area contributed by atoms with Crippen LogP contribution in [0.25, 0.3) is 22.0 Å². The van der Waals surface area contributed by atoms with Crippen LogP contribution in [0.4, 0.5) is 0 Å². The molecule has 2 heterocycles. The zero-order chi connectivity index (χ0) is 23.7. The van der Waals surface area contributed by atoms with Gasteiger partial charge in [-0.3, -0.25) is 9.88 Å². The molecular weight excluding hydrogens is 422 g/mol. The average molecular weight is 456 g/mol. The van der Waals surface area contributed by atoms with Gasteiger partial charge in [-0.05, 0) is 69.2 Å². The number of nitrogens with zero attached hydrogens (tertiary/aromatic N) is 3. The van der Waals surface area contributed by atoms with Gasteiger partial charge in [0.05, 0.1) is 36.5 Å². The van der Waals surface area contributed by atoms with Gasteiger partial charge in [0.1, 0.15) is 5.75 Å². The van der Waals surface area contributed by atoms with Crippen LogP contribution >= 0.6 is 0 Å². The zero-order valence-corrected chi connectivity index (χ0v) is 20.3. The maximum Gasteiger partial charge on any atom is 0.133 e. The molecule has 2 fully saturated rings. The molecular formula is C29H33N3O2. The van der Waals surface area contributed by atoms with Crippen molar-refractivity contribution in [2.75, 3.05) is 20.2 Å². The van der Waals surface area contributed by atoms with E-state index in [1.807, 2.05) is 30.5 Å². The standard InChI is InChI=1S/C29H33N3O2/c1-19-17-32(18-20(2)34-19)24-13-11-23(12-14-24)27-16-31-28-25(5-4-6-26(28)29(27)33-3)22-9-7-21(15-30)8-10-22/h4-10,16,19-20,23-24H,11-14,17-18H2,1-3H3. The van der Waals surface area contributed by atoms with Gasteiger partial charge in [-0.1, -0.05) is 24.3 Å². The summed E-state index contributed by atoms with van der Waals surface area (Å²) in [6.45, 7) is 6.45. The lowest BCUT2D eigenvalue weighted by molar-refractivity contribution is -0.0844. The second kappa shape index (κ2) is 9.74. The molecule has 176 valence electrons. The lowest BCUT2D eigenvalue weighted by Crippen LogP contribution is -2.50. The third-order valence-corrected chi connectivity index (χ3v) is 7.51. The summed E-state index contributed by atoms with van der Waals surface area (Å²) in [7, 11) is 1.77. The summed E-state index contributed by atoms with van der Waals surface area (Å²) >= 11 is 0. The van der Waals surface area contributed by atoms with E-state index in [0.29, 0.717) is 29.7 Å². The Labute approximate surface area is 202 Å². The predicted octanol–water partition coefficient (Wildman–Crippen LogP) is 5.92. The molecule has 0 bridgehead atoms. The number of fused-ring (bicyclic) bond motifs is 1. The molecule has 34 heavy (non-hydrogen) atoms. The Morgan fingerprint density at radius 2 is 1.71 bits per heavy atom. The number of rotatable bonds is 4. The van der Waals surface area contributed by atoms with Crippen LogP contribution in [0.3, 0.4) is 0 Å². The van der Waals surface area contributed by atoms with E-state index in [1.165, 1.54) is 18.4 Å². The predicted molar refractivity (Wildman–Crippen MR) is 135 cm³/mol. The molecule has 2 unspecified atom stereocenters. The van der Waals surface area contributed by atoms with Gasteiger partial charge in [0.2, 0.25) is 0 Å². The topological polar surface area (TPSA) is 58.4 Å². The fourth-order valence-electron chi connectivity index (χ4n) is 5.96. The largest absolute Gasteiger partial charge is 0.496 e. The molecule has 1 aliphatic carbocycles. The number of benzene rings is 2. The van der Waals surface area contributed by atoms with E-state index < -0.39 is 0 Å².